The molecule has 0 saturated carbocycles. The van der Waals surface area contributed by atoms with Crippen LogP contribution in [-0.2, 0) is 18.3 Å². The van der Waals surface area contributed by atoms with Gasteiger partial charge in [0, 0.05) is 31.4 Å². The van der Waals surface area contributed by atoms with Crippen molar-refractivity contribution in [3.05, 3.63) is 23.5 Å². The Hall–Kier alpha value is -1.29. The van der Waals surface area contributed by atoms with Crippen molar-refractivity contribution in [1.29, 1.82) is 0 Å². The van der Waals surface area contributed by atoms with Gasteiger partial charge in [0.1, 0.15) is 0 Å². The van der Waals surface area contributed by atoms with Crippen LogP contribution in [0, 0.1) is 5.92 Å². The predicted octanol–water partition coefficient (Wildman–Crippen LogP) is 1.27. The Labute approximate surface area is 95.5 Å². The van der Waals surface area contributed by atoms with E-state index in [1.54, 1.807) is 0 Å². The van der Waals surface area contributed by atoms with Crippen LogP contribution in [0.1, 0.15) is 23.7 Å². The molecule has 0 aliphatic heterocycles. The molecule has 4 heteroatoms. The van der Waals surface area contributed by atoms with E-state index in [2.05, 4.69) is 11.0 Å². The van der Waals surface area contributed by atoms with Crippen LogP contribution >= 0.6 is 0 Å². The van der Waals surface area contributed by atoms with Gasteiger partial charge in [-0.05, 0) is 32.1 Å². The topological polar surface area (TPSA) is 45.5 Å². The van der Waals surface area contributed by atoms with E-state index in [0.717, 1.165) is 5.69 Å². The highest BCUT2D eigenvalue weighted by atomic mass is 16.4. The molecule has 2 unspecified atom stereocenters. The van der Waals surface area contributed by atoms with Crippen molar-refractivity contribution in [3.63, 3.8) is 0 Å². The molecule has 1 aliphatic rings. The summed E-state index contributed by atoms with van der Waals surface area (Å²) in [5.41, 5.74) is 2.45. The number of rotatable bonds is 2. The maximum absolute atomic E-state index is 11.1. The van der Waals surface area contributed by atoms with Crippen LogP contribution in [-0.4, -0.2) is 34.6 Å². The zero-order chi connectivity index (χ0) is 11.9. The molecule has 0 radical (unpaired) electrons. The van der Waals surface area contributed by atoms with Gasteiger partial charge in [0.2, 0.25) is 0 Å². The van der Waals surface area contributed by atoms with Crippen molar-refractivity contribution >= 4 is 5.97 Å². The van der Waals surface area contributed by atoms with Crippen molar-refractivity contribution in [2.75, 3.05) is 14.1 Å². The summed E-state index contributed by atoms with van der Waals surface area (Å²) < 4.78 is 2.04. The third-order valence-corrected chi connectivity index (χ3v) is 3.52. The van der Waals surface area contributed by atoms with E-state index in [-0.39, 0.29) is 12.0 Å². The first-order valence-corrected chi connectivity index (χ1v) is 5.54. The molecule has 88 valence electrons. The Bertz CT molecular complexity index is 409. The summed E-state index contributed by atoms with van der Waals surface area (Å²) in [5, 5.41) is 9.16. The molecule has 2 rings (SSSR count). The van der Waals surface area contributed by atoms with Crippen LogP contribution in [0.4, 0.5) is 0 Å². The summed E-state index contributed by atoms with van der Waals surface area (Å²) in [6.07, 6.45) is 3.38. The van der Waals surface area contributed by atoms with E-state index in [1.807, 2.05) is 31.9 Å². The standard InChI is InChI=1S/C12H18N2O2/c1-13(2)10-6-8(12(15)16)7-11-9(10)4-5-14(11)3/h4-5,8,10H,6-7H2,1-3H3,(H,15,16). The van der Waals surface area contributed by atoms with Crippen LogP contribution in [0.5, 0.6) is 0 Å². The lowest BCUT2D eigenvalue weighted by Gasteiger charge is -2.32. The Morgan fingerprint density at radius 3 is 2.81 bits per heavy atom. The van der Waals surface area contributed by atoms with Gasteiger partial charge in [0.05, 0.1) is 5.92 Å². The molecule has 0 amide bonds. The third kappa shape index (κ3) is 1.73. The molecule has 0 fully saturated rings. The summed E-state index contributed by atoms with van der Waals surface area (Å²) in [7, 11) is 5.99. The quantitative estimate of drug-likeness (QED) is 0.819. The lowest BCUT2D eigenvalue weighted by atomic mass is 9.84. The molecule has 0 spiro atoms. The second kappa shape index (κ2) is 3.94. The lowest BCUT2D eigenvalue weighted by Crippen LogP contribution is -2.32. The average molecular weight is 222 g/mol. The number of hydrogen-bond acceptors (Lipinski definition) is 2. The second-order valence-electron chi connectivity index (χ2n) is 4.78. The van der Waals surface area contributed by atoms with Crippen molar-refractivity contribution in [2.24, 2.45) is 13.0 Å². The maximum atomic E-state index is 11.1. The summed E-state index contributed by atoms with van der Waals surface area (Å²) >= 11 is 0. The molecular formula is C12H18N2O2. The minimum Gasteiger partial charge on any atom is -0.481 e. The molecule has 0 aromatic carbocycles. The minimum absolute atomic E-state index is 0.228. The average Bonchev–Trinajstić information content (AvgIpc) is 2.59. The molecule has 1 N–H and O–H groups in total. The highest BCUT2D eigenvalue weighted by molar-refractivity contribution is 5.71. The first kappa shape index (κ1) is 11.2. The highest BCUT2D eigenvalue weighted by Gasteiger charge is 2.33. The zero-order valence-corrected chi connectivity index (χ0v) is 9.97. The van der Waals surface area contributed by atoms with Crippen LogP contribution in [0.25, 0.3) is 0 Å². The Kier molecular flexibility index (Phi) is 2.76. The van der Waals surface area contributed by atoms with Gasteiger partial charge in [-0.3, -0.25) is 4.79 Å². The number of carboxylic acids is 1. The fraction of sp³-hybridized carbons (Fsp3) is 0.583. The number of carboxylic acid groups (broad SMARTS) is 1. The molecule has 1 aromatic heterocycles. The molecule has 16 heavy (non-hydrogen) atoms. The predicted molar refractivity (Wildman–Crippen MR) is 61.3 cm³/mol. The van der Waals surface area contributed by atoms with Crippen LogP contribution < -0.4 is 0 Å². The summed E-state index contributed by atoms with van der Waals surface area (Å²) in [6.45, 7) is 0. The van der Waals surface area contributed by atoms with Crippen LogP contribution in [0.3, 0.4) is 0 Å². The molecule has 1 aliphatic carbocycles. The summed E-state index contributed by atoms with van der Waals surface area (Å²) in [5.74, 6) is -0.938. The van der Waals surface area contributed by atoms with Gasteiger partial charge in [-0.25, -0.2) is 0 Å². The van der Waals surface area contributed by atoms with Crippen LogP contribution in [0.2, 0.25) is 0 Å². The van der Waals surface area contributed by atoms with Gasteiger partial charge >= 0.3 is 5.97 Å². The molecule has 1 heterocycles. The van der Waals surface area contributed by atoms with E-state index < -0.39 is 5.97 Å². The molecule has 1 aromatic rings. The number of aryl methyl sites for hydroxylation is 1. The highest BCUT2D eigenvalue weighted by Crippen LogP contribution is 2.36. The first-order chi connectivity index (χ1) is 7.50. The van der Waals surface area contributed by atoms with Crippen molar-refractivity contribution in [1.82, 2.24) is 9.47 Å². The van der Waals surface area contributed by atoms with Crippen molar-refractivity contribution in [2.45, 2.75) is 18.9 Å². The van der Waals surface area contributed by atoms with Gasteiger partial charge in [-0.1, -0.05) is 0 Å². The van der Waals surface area contributed by atoms with Gasteiger partial charge in [-0.2, -0.15) is 0 Å². The number of nitrogens with zero attached hydrogens (tertiary/aromatic N) is 2. The fourth-order valence-electron chi connectivity index (χ4n) is 2.54. The Balaban J connectivity index is 2.39. The monoisotopic (exact) mass is 222 g/mol. The van der Waals surface area contributed by atoms with Crippen LogP contribution in [0.15, 0.2) is 12.3 Å². The summed E-state index contributed by atoms with van der Waals surface area (Å²) in [4.78, 5) is 13.2. The van der Waals surface area contributed by atoms with Gasteiger partial charge in [0.15, 0.2) is 0 Å². The fourth-order valence-corrected chi connectivity index (χ4v) is 2.54. The van der Waals surface area contributed by atoms with E-state index in [9.17, 15) is 4.79 Å². The lowest BCUT2D eigenvalue weighted by molar-refractivity contribution is -0.142. The van der Waals surface area contributed by atoms with Gasteiger partial charge in [0.25, 0.3) is 0 Å². The number of hydrogen-bond donors (Lipinski definition) is 1. The second-order valence-corrected chi connectivity index (χ2v) is 4.78. The first-order valence-electron chi connectivity index (χ1n) is 5.54. The molecule has 2 atom stereocenters. The smallest absolute Gasteiger partial charge is 0.306 e. The Morgan fingerprint density at radius 2 is 2.25 bits per heavy atom. The SMILES string of the molecule is CN(C)C1CC(C(=O)O)Cc2c1ccn2C. The molecule has 4 nitrogen and oxygen atoms in total. The molecule has 0 saturated heterocycles. The zero-order valence-electron chi connectivity index (χ0n) is 9.97. The summed E-state index contributed by atoms with van der Waals surface area (Å²) in [6, 6.07) is 2.34. The largest absolute Gasteiger partial charge is 0.481 e. The number of fused-ring (bicyclic) bond motifs is 1. The van der Waals surface area contributed by atoms with Crippen molar-refractivity contribution in [3.8, 4) is 0 Å². The van der Waals surface area contributed by atoms with E-state index in [0.29, 0.717) is 12.8 Å². The van der Waals surface area contributed by atoms with E-state index >= 15 is 0 Å². The van der Waals surface area contributed by atoms with Gasteiger partial charge in [-0.15, -0.1) is 0 Å². The number of carbonyl (C=O) groups is 1. The number of aromatic nitrogens is 1. The molecule has 0 bridgehead atoms. The minimum atomic E-state index is -0.682. The van der Waals surface area contributed by atoms with E-state index in [1.165, 1.54) is 5.56 Å². The Morgan fingerprint density at radius 1 is 1.56 bits per heavy atom. The molecular weight excluding hydrogens is 204 g/mol. The van der Waals surface area contributed by atoms with Gasteiger partial charge < -0.3 is 14.6 Å². The van der Waals surface area contributed by atoms with E-state index in [4.69, 9.17) is 5.11 Å². The third-order valence-electron chi connectivity index (χ3n) is 3.52. The number of aliphatic carboxylic acids is 1. The maximum Gasteiger partial charge on any atom is 0.306 e. The normalized spacial score (nSPS) is 24.5. The van der Waals surface area contributed by atoms with Crippen molar-refractivity contribution < 1.29 is 9.90 Å².